The number of ether oxygens (including phenoxy) is 2. The molecule has 6 rings (SSSR count). The molecule has 2 N–H and O–H groups in total. The van der Waals surface area contributed by atoms with Gasteiger partial charge in [-0.25, -0.2) is 4.68 Å². The molecule has 0 fully saturated rings. The van der Waals surface area contributed by atoms with Gasteiger partial charge in [-0.3, -0.25) is 14.7 Å². The van der Waals surface area contributed by atoms with Crippen molar-refractivity contribution in [1.82, 2.24) is 19.7 Å². The van der Waals surface area contributed by atoms with Gasteiger partial charge >= 0.3 is 0 Å². The number of rotatable bonds is 3. The van der Waals surface area contributed by atoms with Gasteiger partial charge in [0.05, 0.1) is 19.4 Å². The van der Waals surface area contributed by atoms with Crippen LogP contribution in [-0.4, -0.2) is 52.4 Å². The van der Waals surface area contributed by atoms with Gasteiger partial charge in [-0.15, -0.1) is 0 Å². The van der Waals surface area contributed by atoms with Crippen molar-refractivity contribution in [3.05, 3.63) is 112 Å². The minimum absolute atomic E-state index is 0.187. The van der Waals surface area contributed by atoms with Crippen LogP contribution in [0.25, 0.3) is 16.6 Å². The van der Waals surface area contributed by atoms with Crippen LogP contribution < -0.4 is 15.0 Å². The highest BCUT2D eigenvalue weighted by molar-refractivity contribution is 5.92. The molecule has 0 saturated carbocycles. The molecule has 40 heavy (non-hydrogen) atoms. The summed E-state index contributed by atoms with van der Waals surface area (Å²) in [5, 5.41) is 4.19. The number of hydrogen-bond acceptors (Lipinski definition) is 4. The Bertz CT molecular complexity index is 1700. The summed E-state index contributed by atoms with van der Waals surface area (Å²) in [6, 6.07) is 25.0. The fourth-order valence-electron chi connectivity index (χ4n) is 5.43. The lowest BCUT2D eigenvalue weighted by molar-refractivity contribution is 0.0746. The smallest absolute Gasteiger partial charge is 0.271 e. The summed E-state index contributed by atoms with van der Waals surface area (Å²) in [5.74, 6) is 1.24. The Hall–Kier alpha value is -4.72. The number of hydrogen-bond donors (Lipinski definition) is 2. The van der Waals surface area contributed by atoms with Crippen LogP contribution in [0.15, 0.2) is 83.7 Å². The molecule has 5 aromatic rings. The van der Waals surface area contributed by atoms with Crippen molar-refractivity contribution in [2.24, 2.45) is 0 Å². The van der Waals surface area contributed by atoms with Gasteiger partial charge in [0.1, 0.15) is 5.69 Å². The standard InChI is InChI=1S/C32H32N4O4/c1-39-29-14-13-22-19-27-25(24-11-5-6-12-26(24)33-27)15-17-35(16-7-8-18-40-30(29)20-22)32(38)28-21-31(37)36(34-28)23-9-3-2-4-10-23/h2-6,9-14,20-21,33-34H,7-8,15-19H2,1H3. The number of H-pyrrole nitrogens is 2. The highest BCUT2D eigenvalue weighted by Crippen LogP contribution is 2.31. The number of aromatic amines is 2. The van der Waals surface area contributed by atoms with Crippen LogP contribution in [0.5, 0.6) is 11.5 Å². The van der Waals surface area contributed by atoms with Crippen molar-refractivity contribution in [3.63, 3.8) is 0 Å². The van der Waals surface area contributed by atoms with Crippen molar-refractivity contribution in [2.75, 3.05) is 26.8 Å². The Morgan fingerprint density at radius 3 is 2.62 bits per heavy atom. The Morgan fingerprint density at radius 2 is 1.77 bits per heavy atom. The average Bonchev–Trinajstić information content (AvgIpc) is 3.54. The lowest BCUT2D eigenvalue weighted by Gasteiger charge is -2.23. The number of nitrogens with zero attached hydrogens (tertiary/aromatic N) is 2. The number of para-hydroxylation sites is 2. The first-order chi connectivity index (χ1) is 19.6. The Labute approximate surface area is 232 Å². The predicted octanol–water partition coefficient (Wildman–Crippen LogP) is 5.10. The maximum absolute atomic E-state index is 13.8. The minimum Gasteiger partial charge on any atom is -0.493 e. The van der Waals surface area contributed by atoms with Crippen molar-refractivity contribution >= 4 is 16.8 Å². The summed E-state index contributed by atoms with van der Waals surface area (Å²) in [5.41, 5.74) is 5.21. The van der Waals surface area contributed by atoms with Gasteiger partial charge in [0.15, 0.2) is 11.5 Å². The highest BCUT2D eigenvalue weighted by atomic mass is 16.5. The molecule has 0 aliphatic carbocycles. The first kappa shape index (κ1) is 25.6. The number of carbonyl (C=O) groups is 1. The number of amides is 1. The predicted molar refractivity (Wildman–Crippen MR) is 155 cm³/mol. The van der Waals surface area contributed by atoms with Gasteiger partial charge in [-0.1, -0.05) is 42.5 Å². The molecule has 0 atom stereocenters. The fraction of sp³-hybridized carbons (Fsp3) is 0.250. The molecule has 8 heteroatoms. The SMILES string of the molecule is COc1ccc2cc1OCCCCN(C(=O)c1cc(=O)n(-c3ccccc3)[nH]1)CCc1c([nH]c3ccccc13)C2. The normalized spacial score (nSPS) is 14.3. The van der Waals surface area contributed by atoms with E-state index in [0.717, 1.165) is 40.8 Å². The van der Waals surface area contributed by atoms with E-state index in [-0.39, 0.29) is 17.2 Å². The highest BCUT2D eigenvalue weighted by Gasteiger charge is 2.21. The van der Waals surface area contributed by atoms with E-state index in [4.69, 9.17) is 9.47 Å². The van der Waals surface area contributed by atoms with E-state index < -0.39 is 0 Å². The number of aromatic nitrogens is 3. The van der Waals surface area contributed by atoms with E-state index in [1.54, 1.807) is 7.11 Å². The molecule has 0 unspecified atom stereocenters. The molecule has 3 heterocycles. The van der Waals surface area contributed by atoms with Crippen LogP contribution in [0.3, 0.4) is 0 Å². The average molecular weight is 537 g/mol. The molecule has 0 saturated heterocycles. The summed E-state index contributed by atoms with van der Waals surface area (Å²) in [7, 11) is 1.65. The number of benzene rings is 3. The van der Waals surface area contributed by atoms with Crippen LogP contribution in [0.4, 0.5) is 0 Å². The summed E-state index contributed by atoms with van der Waals surface area (Å²) >= 11 is 0. The van der Waals surface area contributed by atoms with Crippen molar-refractivity contribution in [1.29, 1.82) is 0 Å². The largest absolute Gasteiger partial charge is 0.493 e. The van der Waals surface area contributed by atoms with E-state index in [0.29, 0.717) is 44.0 Å². The Morgan fingerprint density at radius 1 is 0.950 bits per heavy atom. The quantitative estimate of drug-likeness (QED) is 0.336. The monoisotopic (exact) mass is 536 g/mol. The topological polar surface area (TPSA) is 92.3 Å². The third-order valence-corrected chi connectivity index (χ3v) is 7.48. The Balaban J connectivity index is 1.33. The molecule has 2 aromatic heterocycles. The molecule has 0 spiro atoms. The summed E-state index contributed by atoms with van der Waals surface area (Å²) < 4.78 is 13.1. The number of nitrogens with one attached hydrogen (secondary N) is 2. The fourth-order valence-corrected chi connectivity index (χ4v) is 5.43. The molecular formula is C32H32N4O4. The summed E-state index contributed by atoms with van der Waals surface area (Å²) in [6.45, 7) is 1.59. The molecule has 0 radical (unpaired) electrons. The zero-order chi connectivity index (χ0) is 27.5. The second kappa shape index (κ2) is 11.2. The lowest BCUT2D eigenvalue weighted by atomic mass is 10.0. The van der Waals surface area contributed by atoms with Crippen LogP contribution in [0.1, 0.15) is 40.2 Å². The maximum Gasteiger partial charge on any atom is 0.271 e. The molecule has 2 bridgehead atoms. The molecule has 1 amide bonds. The number of carbonyl (C=O) groups excluding carboxylic acids is 1. The van der Waals surface area contributed by atoms with E-state index in [2.05, 4.69) is 34.3 Å². The lowest BCUT2D eigenvalue weighted by Crippen LogP contribution is -2.34. The van der Waals surface area contributed by atoms with Crippen molar-refractivity contribution in [2.45, 2.75) is 25.7 Å². The van der Waals surface area contributed by atoms with Gasteiger partial charge in [0.25, 0.3) is 11.5 Å². The number of methoxy groups -OCH3 is 1. The maximum atomic E-state index is 13.8. The van der Waals surface area contributed by atoms with E-state index in [9.17, 15) is 9.59 Å². The van der Waals surface area contributed by atoms with Crippen molar-refractivity contribution in [3.8, 4) is 17.2 Å². The first-order valence-electron chi connectivity index (χ1n) is 13.7. The molecule has 8 nitrogen and oxygen atoms in total. The van der Waals surface area contributed by atoms with Crippen LogP contribution in [0, 0.1) is 0 Å². The van der Waals surface area contributed by atoms with Gasteiger partial charge in [-0.05, 0) is 60.7 Å². The van der Waals surface area contributed by atoms with E-state index >= 15 is 0 Å². The van der Waals surface area contributed by atoms with Gasteiger partial charge < -0.3 is 19.4 Å². The molecule has 1 aliphatic rings. The third-order valence-electron chi connectivity index (χ3n) is 7.48. The van der Waals surface area contributed by atoms with Crippen LogP contribution in [-0.2, 0) is 12.8 Å². The number of fused-ring (bicyclic) bond motifs is 5. The van der Waals surface area contributed by atoms with Crippen LogP contribution in [0.2, 0.25) is 0 Å². The Kier molecular flexibility index (Phi) is 7.14. The first-order valence-corrected chi connectivity index (χ1v) is 13.7. The van der Waals surface area contributed by atoms with Gasteiger partial charge in [0, 0.05) is 42.2 Å². The summed E-state index contributed by atoms with van der Waals surface area (Å²) in [4.78, 5) is 32.0. The van der Waals surface area contributed by atoms with Gasteiger partial charge in [-0.2, -0.15) is 0 Å². The second-order valence-electron chi connectivity index (χ2n) is 10.1. The minimum atomic E-state index is -0.265. The van der Waals surface area contributed by atoms with E-state index in [1.807, 2.05) is 53.4 Å². The summed E-state index contributed by atoms with van der Waals surface area (Å²) in [6.07, 6.45) is 2.93. The van der Waals surface area contributed by atoms with Gasteiger partial charge in [0.2, 0.25) is 0 Å². The molecule has 204 valence electrons. The van der Waals surface area contributed by atoms with E-state index in [1.165, 1.54) is 16.3 Å². The second-order valence-corrected chi connectivity index (χ2v) is 10.1. The molecule has 1 aliphatic heterocycles. The van der Waals surface area contributed by atoms with Crippen molar-refractivity contribution < 1.29 is 14.3 Å². The molecule has 3 aromatic carbocycles. The zero-order valence-corrected chi connectivity index (χ0v) is 22.5. The zero-order valence-electron chi connectivity index (χ0n) is 22.5. The van der Waals surface area contributed by atoms with Crippen LogP contribution >= 0.6 is 0 Å². The molecular weight excluding hydrogens is 504 g/mol. The third kappa shape index (κ3) is 5.12.